The number of hydrogen-bond donors (Lipinski definition) is 0. The normalized spacial score (nSPS) is 10.7. The lowest BCUT2D eigenvalue weighted by Crippen LogP contribution is -2.05. The van der Waals surface area contributed by atoms with Gasteiger partial charge in [-0.05, 0) is 6.07 Å². The van der Waals surface area contributed by atoms with Gasteiger partial charge in [0, 0.05) is 21.2 Å². The lowest BCUT2D eigenvalue weighted by atomic mass is 9.94. The van der Waals surface area contributed by atoms with Gasteiger partial charge in [-0.25, -0.2) is 15.0 Å². The van der Waals surface area contributed by atoms with E-state index in [4.69, 9.17) is 15.0 Å². The Morgan fingerprint density at radius 3 is 1.50 bits per heavy atom. The Morgan fingerprint density at radius 2 is 1.04 bits per heavy atom. The van der Waals surface area contributed by atoms with Crippen LogP contribution >= 0.6 is 15.9 Å². The van der Waals surface area contributed by atoms with Crippen molar-refractivity contribution in [2.75, 3.05) is 0 Å². The lowest BCUT2D eigenvalue weighted by molar-refractivity contribution is 1.07. The summed E-state index contributed by atoms with van der Waals surface area (Å²) in [6, 6.07) is 26.2. The number of hydrogen-bond acceptors (Lipinski definition) is 3. The quantitative estimate of drug-likeness (QED) is 0.490. The van der Waals surface area contributed by atoms with Crippen molar-refractivity contribution in [3.63, 3.8) is 0 Å². The van der Waals surface area contributed by atoms with Crippen molar-refractivity contribution in [2.24, 2.45) is 0 Å². The molecule has 3 nitrogen and oxygen atoms in total. The van der Waals surface area contributed by atoms with Crippen molar-refractivity contribution in [1.82, 2.24) is 15.0 Å². The predicted octanol–water partition coefficient (Wildman–Crippen LogP) is 3.89. The molecule has 0 saturated carbocycles. The fourth-order valence-electron chi connectivity index (χ4n) is 2.80. The Hall–Kier alpha value is -2.79. The van der Waals surface area contributed by atoms with E-state index in [1.165, 1.54) is 0 Å². The molecular weight excluding hydrogens is 385 g/mol. The first-order chi connectivity index (χ1) is 12.7. The van der Waals surface area contributed by atoms with Crippen LogP contribution in [0.1, 0.15) is 0 Å². The van der Waals surface area contributed by atoms with E-state index < -0.39 is 0 Å². The van der Waals surface area contributed by atoms with Crippen LogP contribution in [0.15, 0.2) is 83.3 Å². The molecule has 0 aliphatic rings. The molecule has 0 atom stereocenters. The maximum atomic E-state index is 4.74. The summed E-state index contributed by atoms with van der Waals surface area (Å²) in [5.41, 5.74) is 4.06. The summed E-state index contributed by atoms with van der Waals surface area (Å²) >= 11 is 3.57. The molecule has 4 aromatic rings. The zero-order chi connectivity index (χ0) is 17.9. The summed E-state index contributed by atoms with van der Waals surface area (Å²) in [6.07, 6.45) is 0. The van der Waals surface area contributed by atoms with E-state index in [2.05, 4.69) is 35.9 Å². The van der Waals surface area contributed by atoms with Gasteiger partial charge in [-0.3, -0.25) is 0 Å². The summed E-state index contributed by atoms with van der Waals surface area (Å²) in [5, 5.41) is 0. The van der Waals surface area contributed by atoms with E-state index in [0.29, 0.717) is 17.5 Å². The third-order valence-corrected chi connectivity index (χ3v) is 4.46. The second-order valence-corrected chi connectivity index (χ2v) is 6.97. The van der Waals surface area contributed by atoms with Gasteiger partial charge in [0.2, 0.25) is 0 Å². The number of rotatable bonds is 3. The Balaban J connectivity index is 1.93. The monoisotopic (exact) mass is 399 g/mol. The van der Waals surface area contributed by atoms with Crippen molar-refractivity contribution in [3.05, 3.63) is 83.3 Å². The van der Waals surface area contributed by atoms with Gasteiger partial charge in [0.1, 0.15) is 7.85 Å². The van der Waals surface area contributed by atoms with Crippen molar-refractivity contribution < 1.29 is 0 Å². The van der Waals surface area contributed by atoms with E-state index in [-0.39, 0.29) is 0 Å². The van der Waals surface area contributed by atoms with Gasteiger partial charge in [-0.2, -0.15) is 0 Å². The van der Waals surface area contributed by atoms with Crippen LogP contribution < -0.4 is 5.46 Å². The van der Waals surface area contributed by atoms with Gasteiger partial charge in [-0.1, -0.05) is 94.2 Å². The molecule has 0 bridgehead atoms. The van der Waals surface area contributed by atoms with Crippen molar-refractivity contribution in [1.29, 1.82) is 0 Å². The predicted molar refractivity (Wildman–Crippen MR) is 112 cm³/mol. The Kier molecular flexibility index (Phi) is 4.63. The molecule has 0 saturated heterocycles. The number of benzene rings is 3. The van der Waals surface area contributed by atoms with Crippen LogP contribution in [0.5, 0.6) is 0 Å². The Bertz CT molecular complexity index is 975. The minimum atomic E-state index is 0.669. The van der Waals surface area contributed by atoms with Crippen LogP contribution in [-0.4, -0.2) is 22.8 Å². The standard InChI is InChI=1S/C21H15BBrN3/c22-17-11-16(12-18(23)13-17)21-25-19(14-7-3-1-4-8-14)24-20(26-21)15-9-5-2-6-10-15/h1-13H,22H2. The molecule has 0 fully saturated rings. The molecule has 124 valence electrons. The van der Waals surface area contributed by atoms with E-state index in [0.717, 1.165) is 26.6 Å². The van der Waals surface area contributed by atoms with Gasteiger partial charge in [0.25, 0.3) is 0 Å². The van der Waals surface area contributed by atoms with Gasteiger partial charge in [0.05, 0.1) is 0 Å². The van der Waals surface area contributed by atoms with E-state index >= 15 is 0 Å². The zero-order valence-corrected chi connectivity index (χ0v) is 15.8. The van der Waals surface area contributed by atoms with Crippen LogP contribution in [-0.2, 0) is 0 Å². The molecule has 5 heteroatoms. The first-order valence-corrected chi connectivity index (χ1v) is 9.13. The zero-order valence-electron chi connectivity index (χ0n) is 14.2. The highest BCUT2D eigenvalue weighted by Gasteiger charge is 2.12. The van der Waals surface area contributed by atoms with Gasteiger partial charge in [0.15, 0.2) is 17.5 Å². The molecule has 0 N–H and O–H groups in total. The maximum absolute atomic E-state index is 4.74. The third kappa shape index (κ3) is 3.58. The summed E-state index contributed by atoms with van der Waals surface area (Å²) in [7, 11) is 2.06. The fourth-order valence-corrected chi connectivity index (χ4v) is 3.41. The molecule has 0 aliphatic heterocycles. The molecule has 0 aliphatic carbocycles. The summed E-state index contributed by atoms with van der Waals surface area (Å²) in [4.78, 5) is 14.2. The average Bonchev–Trinajstić information content (AvgIpc) is 2.68. The summed E-state index contributed by atoms with van der Waals surface area (Å²) in [5.74, 6) is 2.02. The highest BCUT2D eigenvalue weighted by Crippen LogP contribution is 2.25. The third-order valence-electron chi connectivity index (χ3n) is 4.00. The van der Waals surface area contributed by atoms with Crippen molar-refractivity contribution >= 4 is 29.2 Å². The molecule has 0 spiro atoms. The molecule has 3 aromatic carbocycles. The van der Waals surface area contributed by atoms with Gasteiger partial charge in [-0.15, -0.1) is 0 Å². The molecule has 4 rings (SSSR count). The van der Waals surface area contributed by atoms with Gasteiger partial charge < -0.3 is 0 Å². The molecular formula is C21H15BBrN3. The SMILES string of the molecule is Bc1cc(Br)cc(-c2nc(-c3ccccc3)nc(-c3ccccc3)n2)c1. The highest BCUT2D eigenvalue weighted by atomic mass is 79.9. The minimum Gasteiger partial charge on any atom is -0.208 e. The van der Waals surface area contributed by atoms with Crippen LogP contribution in [0.4, 0.5) is 0 Å². The summed E-state index contributed by atoms with van der Waals surface area (Å²) in [6.45, 7) is 0. The Labute approximate surface area is 161 Å². The molecule has 0 unspecified atom stereocenters. The minimum absolute atomic E-state index is 0.669. The highest BCUT2D eigenvalue weighted by molar-refractivity contribution is 9.10. The van der Waals surface area contributed by atoms with E-state index in [1.54, 1.807) is 0 Å². The second kappa shape index (κ2) is 7.22. The van der Waals surface area contributed by atoms with Crippen LogP contribution in [0.3, 0.4) is 0 Å². The molecule has 0 amide bonds. The molecule has 1 aromatic heterocycles. The fraction of sp³-hybridized carbons (Fsp3) is 0. The molecule has 0 radical (unpaired) electrons. The largest absolute Gasteiger partial charge is 0.208 e. The van der Waals surface area contributed by atoms with E-state index in [9.17, 15) is 0 Å². The van der Waals surface area contributed by atoms with Crippen molar-refractivity contribution in [2.45, 2.75) is 0 Å². The number of halogens is 1. The number of aromatic nitrogens is 3. The van der Waals surface area contributed by atoms with Crippen LogP contribution in [0.2, 0.25) is 0 Å². The maximum Gasteiger partial charge on any atom is 0.164 e. The van der Waals surface area contributed by atoms with Gasteiger partial charge >= 0.3 is 0 Å². The molecule has 1 heterocycles. The topological polar surface area (TPSA) is 38.7 Å². The first-order valence-electron chi connectivity index (χ1n) is 8.33. The van der Waals surface area contributed by atoms with Crippen molar-refractivity contribution in [3.8, 4) is 34.2 Å². The average molecular weight is 400 g/mol. The second-order valence-electron chi connectivity index (χ2n) is 6.06. The molecule has 26 heavy (non-hydrogen) atoms. The smallest absolute Gasteiger partial charge is 0.164 e. The lowest BCUT2D eigenvalue weighted by Gasteiger charge is -2.09. The first kappa shape index (κ1) is 16.7. The van der Waals surface area contributed by atoms with E-state index in [1.807, 2.05) is 66.7 Å². The summed E-state index contributed by atoms with van der Waals surface area (Å²) < 4.78 is 1.01. The Morgan fingerprint density at radius 1 is 0.577 bits per heavy atom. The number of nitrogens with zero attached hydrogens (tertiary/aromatic N) is 3. The van der Waals surface area contributed by atoms with Crippen LogP contribution in [0, 0.1) is 0 Å². The van der Waals surface area contributed by atoms with Crippen LogP contribution in [0.25, 0.3) is 34.2 Å².